The molecule has 24 heavy (non-hydrogen) atoms. The molecule has 0 aliphatic heterocycles. The Morgan fingerprint density at radius 2 is 2.12 bits per heavy atom. The number of aromatic amines is 1. The molecule has 0 saturated carbocycles. The Hall–Kier alpha value is -3.08. The highest BCUT2D eigenvalue weighted by Gasteiger charge is 2.09. The molecule has 5 heteroatoms. The molecule has 3 heterocycles. The first-order valence-electron chi connectivity index (χ1n) is 7.75. The van der Waals surface area contributed by atoms with Gasteiger partial charge in [-0.1, -0.05) is 12.1 Å². The summed E-state index contributed by atoms with van der Waals surface area (Å²) in [5.41, 5.74) is 4.85. The summed E-state index contributed by atoms with van der Waals surface area (Å²) in [6.45, 7) is 2.04. The van der Waals surface area contributed by atoms with Gasteiger partial charge in [0.15, 0.2) is 5.65 Å². The summed E-state index contributed by atoms with van der Waals surface area (Å²) in [5.74, 6) is 2.58. The third-order valence-corrected chi connectivity index (χ3v) is 4.02. The first kappa shape index (κ1) is 14.5. The molecule has 0 saturated heterocycles. The second-order valence-corrected chi connectivity index (χ2v) is 5.74. The quantitative estimate of drug-likeness (QED) is 0.614. The third-order valence-electron chi connectivity index (χ3n) is 4.02. The fourth-order valence-electron chi connectivity index (χ4n) is 2.85. The van der Waals surface area contributed by atoms with E-state index in [1.54, 1.807) is 19.6 Å². The molecule has 0 bridgehead atoms. The van der Waals surface area contributed by atoms with Crippen LogP contribution in [0, 0.1) is 6.92 Å². The predicted octanol–water partition coefficient (Wildman–Crippen LogP) is 4.13. The van der Waals surface area contributed by atoms with E-state index in [-0.39, 0.29) is 0 Å². The van der Waals surface area contributed by atoms with E-state index in [4.69, 9.17) is 9.15 Å². The van der Waals surface area contributed by atoms with Crippen LogP contribution in [0.3, 0.4) is 0 Å². The molecule has 0 spiro atoms. The summed E-state index contributed by atoms with van der Waals surface area (Å²) in [6, 6.07) is 12.0. The van der Waals surface area contributed by atoms with Crippen LogP contribution in [-0.4, -0.2) is 22.1 Å². The minimum atomic E-state index is 0.713. The number of rotatable bonds is 4. The van der Waals surface area contributed by atoms with Gasteiger partial charge in [-0.3, -0.25) is 0 Å². The summed E-state index contributed by atoms with van der Waals surface area (Å²) in [4.78, 5) is 12.3. The number of H-pyrrole nitrogens is 1. The summed E-state index contributed by atoms with van der Waals surface area (Å²) in [6.07, 6.45) is 4.16. The SMILES string of the molecule is COc1ccc(Cc2nc3ncc(-c4ccco4)cc3[nH]2)cc1C. The van der Waals surface area contributed by atoms with E-state index in [1.807, 2.05) is 31.2 Å². The van der Waals surface area contributed by atoms with Crippen molar-refractivity contribution < 1.29 is 9.15 Å². The van der Waals surface area contributed by atoms with Crippen molar-refractivity contribution in [3.05, 3.63) is 65.8 Å². The Morgan fingerprint density at radius 3 is 2.88 bits per heavy atom. The molecular formula is C19H17N3O2. The van der Waals surface area contributed by atoms with Crippen LogP contribution in [-0.2, 0) is 6.42 Å². The molecule has 4 rings (SSSR count). The molecular weight excluding hydrogens is 302 g/mol. The second-order valence-electron chi connectivity index (χ2n) is 5.74. The lowest BCUT2D eigenvalue weighted by molar-refractivity contribution is 0.411. The number of furan rings is 1. The fraction of sp³-hybridized carbons (Fsp3) is 0.158. The van der Waals surface area contributed by atoms with Crippen molar-refractivity contribution in [2.24, 2.45) is 0 Å². The summed E-state index contributed by atoms with van der Waals surface area (Å²) < 4.78 is 10.7. The summed E-state index contributed by atoms with van der Waals surface area (Å²) in [7, 11) is 1.68. The van der Waals surface area contributed by atoms with E-state index in [9.17, 15) is 0 Å². The van der Waals surface area contributed by atoms with Crippen molar-refractivity contribution in [2.75, 3.05) is 7.11 Å². The van der Waals surface area contributed by atoms with Crippen LogP contribution in [0.2, 0.25) is 0 Å². The van der Waals surface area contributed by atoms with E-state index in [2.05, 4.69) is 27.1 Å². The van der Waals surface area contributed by atoms with Crippen molar-refractivity contribution in [3.63, 3.8) is 0 Å². The van der Waals surface area contributed by atoms with Crippen LogP contribution >= 0.6 is 0 Å². The Kier molecular flexibility index (Phi) is 3.54. The lowest BCUT2D eigenvalue weighted by atomic mass is 10.1. The molecule has 3 aromatic heterocycles. The van der Waals surface area contributed by atoms with E-state index >= 15 is 0 Å². The number of aryl methyl sites for hydroxylation is 1. The van der Waals surface area contributed by atoms with E-state index in [0.29, 0.717) is 5.65 Å². The Morgan fingerprint density at radius 1 is 1.21 bits per heavy atom. The maximum absolute atomic E-state index is 5.42. The van der Waals surface area contributed by atoms with Crippen molar-refractivity contribution in [1.82, 2.24) is 15.0 Å². The molecule has 1 aromatic carbocycles. The second kappa shape index (κ2) is 5.85. The van der Waals surface area contributed by atoms with Crippen LogP contribution in [0.5, 0.6) is 5.75 Å². The molecule has 0 fully saturated rings. The van der Waals surface area contributed by atoms with Gasteiger partial charge in [0.2, 0.25) is 0 Å². The van der Waals surface area contributed by atoms with Gasteiger partial charge in [-0.15, -0.1) is 0 Å². The average molecular weight is 319 g/mol. The van der Waals surface area contributed by atoms with Gasteiger partial charge >= 0.3 is 0 Å². The Bertz CT molecular complexity index is 987. The molecule has 0 unspecified atom stereocenters. The van der Waals surface area contributed by atoms with Crippen LogP contribution in [0.4, 0.5) is 0 Å². The number of ether oxygens (including phenoxy) is 1. The molecule has 0 aliphatic rings. The Labute approximate surface area is 139 Å². The highest BCUT2D eigenvalue weighted by atomic mass is 16.5. The summed E-state index contributed by atoms with van der Waals surface area (Å²) >= 11 is 0. The summed E-state index contributed by atoms with van der Waals surface area (Å²) in [5, 5.41) is 0. The van der Waals surface area contributed by atoms with E-state index in [0.717, 1.165) is 40.4 Å². The third kappa shape index (κ3) is 2.65. The van der Waals surface area contributed by atoms with E-state index < -0.39 is 0 Å². The molecule has 1 N–H and O–H groups in total. The normalized spacial score (nSPS) is 11.1. The monoisotopic (exact) mass is 319 g/mol. The van der Waals surface area contributed by atoms with Gasteiger partial charge in [-0.05, 0) is 42.3 Å². The van der Waals surface area contributed by atoms with Gasteiger partial charge < -0.3 is 14.1 Å². The van der Waals surface area contributed by atoms with Gasteiger partial charge in [-0.2, -0.15) is 0 Å². The van der Waals surface area contributed by atoms with Gasteiger partial charge in [0.05, 0.1) is 18.9 Å². The number of fused-ring (bicyclic) bond motifs is 1. The van der Waals surface area contributed by atoms with Crippen molar-refractivity contribution in [3.8, 4) is 17.1 Å². The van der Waals surface area contributed by atoms with Crippen LogP contribution < -0.4 is 4.74 Å². The van der Waals surface area contributed by atoms with Gasteiger partial charge in [0.1, 0.15) is 17.3 Å². The maximum atomic E-state index is 5.42. The number of methoxy groups -OCH3 is 1. The minimum absolute atomic E-state index is 0.713. The van der Waals surface area contributed by atoms with Crippen molar-refractivity contribution in [1.29, 1.82) is 0 Å². The van der Waals surface area contributed by atoms with Gasteiger partial charge in [-0.25, -0.2) is 9.97 Å². The molecule has 0 amide bonds. The topological polar surface area (TPSA) is 63.9 Å². The number of nitrogens with one attached hydrogen (secondary N) is 1. The smallest absolute Gasteiger partial charge is 0.177 e. The van der Waals surface area contributed by atoms with Crippen molar-refractivity contribution >= 4 is 11.2 Å². The maximum Gasteiger partial charge on any atom is 0.177 e. The van der Waals surface area contributed by atoms with Crippen LogP contribution in [0.25, 0.3) is 22.5 Å². The first-order chi connectivity index (χ1) is 11.7. The molecule has 0 atom stereocenters. The van der Waals surface area contributed by atoms with Gasteiger partial charge in [0.25, 0.3) is 0 Å². The Balaban J connectivity index is 1.64. The number of imidazole rings is 1. The lowest BCUT2D eigenvalue weighted by Crippen LogP contribution is -1.93. The number of benzene rings is 1. The molecule has 0 radical (unpaired) electrons. The first-order valence-corrected chi connectivity index (χ1v) is 7.75. The van der Waals surface area contributed by atoms with E-state index in [1.165, 1.54) is 5.56 Å². The zero-order valence-corrected chi connectivity index (χ0v) is 13.5. The van der Waals surface area contributed by atoms with Crippen molar-refractivity contribution in [2.45, 2.75) is 13.3 Å². The molecule has 4 aromatic rings. The standard InChI is InChI=1S/C19H17N3O2/c1-12-8-13(5-6-16(12)23-2)9-18-21-15-10-14(11-20-19(15)22-18)17-4-3-7-24-17/h3-8,10-11H,9H2,1-2H3,(H,20,21,22). The number of hydrogen-bond donors (Lipinski definition) is 1. The zero-order valence-electron chi connectivity index (χ0n) is 13.5. The fourth-order valence-corrected chi connectivity index (χ4v) is 2.85. The number of aromatic nitrogens is 3. The number of hydrogen-bond acceptors (Lipinski definition) is 4. The molecule has 0 aliphatic carbocycles. The predicted molar refractivity (Wildman–Crippen MR) is 92.1 cm³/mol. The zero-order chi connectivity index (χ0) is 16.5. The molecule has 5 nitrogen and oxygen atoms in total. The lowest BCUT2D eigenvalue weighted by Gasteiger charge is -2.06. The number of nitrogens with zero attached hydrogens (tertiary/aromatic N) is 2. The van der Waals surface area contributed by atoms with Crippen LogP contribution in [0.15, 0.2) is 53.3 Å². The largest absolute Gasteiger partial charge is 0.496 e. The highest BCUT2D eigenvalue weighted by molar-refractivity contribution is 5.76. The van der Waals surface area contributed by atoms with Crippen LogP contribution in [0.1, 0.15) is 17.0 Å². The minimum Gasteiger partial charge on any atom is -0.496 e. The highest BCUT2D eigenvalue weighted by Crippen LogP contribution is 2.23. The molecule has 120 valence electrons. The van der Waals surface area contributed by atoms with Gasteiger partial charge in [0, 0.05) is 18.2 Å². The number of pyridine rings is 1. The average Bonchev–Trinajstić information content (AvgIpc) is 3.23.